The second kappa shape index (κ2) is 4.39. The summed E-state index contributed by atoms with van der Waals surface area (Å²) < 4.78 is -0.614. The Hall–Kier alpha value is -0.440. The third-order valence-electron chi connectivity index (χ3n) is 1.54. The minimum atomic E-state index is -1.52. The number of nitrogens with zero attached hydrogens (tertiary/aromatic N) is 1. The highest BCUT2D eigenvalue weighted by atomic mass is 35.5. The Balaban J connectivity index is 2.87. The van der Waals surface area contributed by atoms with Gasteiger partial charge in [0.15, 0.2) is 4.33 Å². The molecule has 0 spiro atoms. The van der Waals surface area contributed by atoms with Gasteiger partial charge < -0.3 is 0 Å². The number of benzene rings is 1. The van der Waals surface area contributed by atoms with E-state index in [4.69, 9.17) is 35.0 Å². The summed E-state index contributed by atoms with van der Waals surface area (Å²) in [5, 5.41) is 0. The summed E-state index contributed by atoms with van der Waals surface area (Å²) in [5.74, 6) is -0.575. The van der Waals surface area contributed by atoms with E-state index in [1.165, 1.54) is 6.92 Å². The highest BCUT2D eigenvalue weighted by Gasteiger charge is 2.32. The molecule has 5 heteroatoms. The van der Waals surface area contributed by atoms with Crippen LogP contribution in [0.25, 0.3) is 0 Å². The predicted octanol–water partition coefficient (Wildman–Crippen LogP) is 3.37. The molecule has 0 fully saturated rings. The average molecular weight is 253 g/mol. The molecule has 0 saturated heterocycles. The van der Waals surface area contributed by atoms with Crippen LogP contribution in [0.15, 0.2) is 30.3 Å². The molecule has 1 amide bonds. The van der Waals surface area contributed by atoms with Gasteiger partial charge in [-0.25, -0.2) is 4.42 Å². The molecule has 0 bridgehead atoms. The quantitative estimate of drug-likeness (QED) is 0.584. The number of halogens is 3. The Morgan fingerprint density at radius 1 is 1.29 bits per heavy atom. The number of carbonyl (C=O) groups excluding carboxylic acids is 1. The van der Waals surface area contributed by atoms with Crippen molar-refractivity contribution in [1.82, 2.24) is 0 Å². The second-order valence-electron chi connectivity index (χ2n) is 2.81. The Kier molecular flexibility index (Phi) is 3.65. The molecule has 0 radical (unpaired) electrons. The molecule has 0 unspecified atom stereocenters. The van der Waals surface area contributed by atoms with Crippen LogP contribution >= 0.6 is 35.0 Å². The van der Waals surface area contributed by atoms with Gasteiger partial charge in [-0.2, -0.15) is 0 Å². The maximum absolute atomic E-state index is 11.5. The summed E-state index contributed by atoms with van der Waals surface area (Å²) in [6, 6.07) is 8.71. The first-order valence-electron chi connectivity index (χ1n) is 3.86. The number of anilines is 1. The second-order valence-corrected chi connectivity index (χ2v) is 4.85. The lowest BCUT2D eigenvalue weighted by Crippen LogP contribution is -2.34. The molecule has 2 nitrogen and oxygen atoms in total. The fourth-order valence-electron chi connectivity index (χ4n) is 0.848. The van der Waals surface area contributed by atoms with Gasteiger partial charge in [-0.05, 0) is 19.1 Å². The number of amides is 1. The lowest BCUT2D eigenvalue weighted by molar-refractivity contribution is -0.117. The third-order valence-corrected chi connectivity index (χ3v) is 2.21. The highest BCUT2D eigenvalue weighted by Crippen LogP contribution is 2.27. The van der Waals surface area contributed by atoms with E-state index in [2.05, 4.69) is 0 Å². The van der Waals surface area contributed by atoms with Crippen molar-refractivity contribution < 1.29 is 4.79 Å². The van der Waals surface area contributed by atoms with Crippen molar-refractivity contribution in [2.45, 2.75) is 11.3 Å². The highest BCUT2D eigenvalue weighted by molar-refractivity contribution is 6.61. The summed E-state index contributed by atoms with van der Waals surface area (Å²) in [6.45, 7) is 1.37. The van der Waals surface area contributed by atoms with Crippen LogP contribution in [0.5, 0.6) is 0 Å². The molecule has 1 aromatic carbocycles. The van der Waals surface area contributed by atoms with E-state index in [-0.39, 0.29) is 0 Å². The van der Waals surface area contributed by atoms with Gasteiger partial charge in [0, 0.05) is 11.8 Å². The van der Waals surface area contributed by atoms with Gasteiger partial charge in [-0.15, -0.1) is 0 Å². The van der Waals surface area contributed by atoms with Crippen LogP contribution in [0.3, 0.4) is 0 Å². The summed E-state index contributed by atoms with van der Waals surface area (Å²) in [6.07, 6.45) is 0. The molecule has 0 aliphatic heterocycles. The zero-order valence-electron chi connectivity index (χ0n) is 7.38. The van der Waals surface area contributed by atoms with Gasteiger partial charge >= 0.3 is 0 Å². The van der Waals surface area contributed by atoms with Crippen LogP contribution in [-0.2, 0) is 4.79 Å². The molecule has 0 N–H and O–H groups in total. The summed E-state index contributed by atoms with van der Waals surface area (Å²) >= 11 is 17.0. The molecule has 1 aromatic rings. The van der Waals surface area contributed by atoms with Crippen LogP contribution in [0.1, 0.15) is 6.92 Å². The SMILES string of the molecule is CC(Cl)(Cl)C(=O)N(Cl)c1ccccc1. The predicted molar refractivity (Wildman–Crippen MR) is 59.9 cm³/mol. The Bertz CT molecular complexity index is 321. The van der Waals surface area contributed by atoms with Gasteiger partial charge in [-0.3, -0.25) is 4.79 Å². The van der Waals surface area contributed by atoms with Gasteiger partial charge in [0.2, 0.25) is 0 Å². The van der Waals surface area contributed by atoms with Gasteiger partial charge in [-0.1, -0.05) is 41.4 Å². The summed E-state index contributed by atoms with van der Waals surface area (Å²) in [5.41, 5.74) is 0.534. The lowest BCUT2D eigenvalue weighted by atomic mass is 10.3. The van der Waals surface area contributed by atoms with Gasteiger partial charge in [0.1, 0.15) is 0 Å². The number of para-hydroxylation sites is 1. The molecule has 1 rings (SSSR count). The van der Waals surface area contributed by atoms with Crippen LogP contribution in [0.2, 0.25) is 0 Å². The lowest BCUT2D eigenvalue weighted by Gasteiger charge is -2.19. The Labute approximate surface area is 97.5 Å². The third kappa shape index (κ3) is 2.77. The van der Waals surface area contributed by atoms with E-state index in [0.29, 0.717) is 5.69 Å². The Morgan fingerprint density at radius 3 is 2.21 bits per heavy atom. The van der Waals surface area contributed by atoms with Crippen molar-refractivity contribution in [2.24, 2.45) is 0 Å². The van der Waals surface area contributed by atoms with E-state index < -0.39 is 10.2 Å². The zero-order valence-corrected chi connectivity index (χ0v) is 9.64. The zero-order chi connectivity index (χ0) is 10.8. The standard InChI is InChI=1S/C9H8Cl3NO/c1-9(10,11)8(14)13(12)7-5-3-2-4-6-7/h2-6H,1H3. The normalized spacial score (nSPS) is 11.1. The fourth-order valence-corrected chi connectivity index (χ4v) is 1.39. The minimum absolute atomic E-state index is 0.534. The maximum Gasteiger partial charge on any atom is 0.277 e. The first kappa shape index (κ1) is 11.6. The Morgan fingerprint density at radius 2 is 1.79 bits per heavy atom. The average Bonchev–Trinajstić information content (AvgIpc) is 2.15. The van der Waals surface area contributed by atoms with Crippen molar-refractivity contribution in [3.05, 3.63) is 30.3 Å². The smallest absolute Gasteiger partial charge is 0.270 e. The van der Waals surface area contributed by atoms with Crippen LogP contribution in [0, 0.1) is 0 Å². The summed E-state index contributed by atoms with van der Waals surface area (Å²) in [4.78, 5) is 11.5. The molecule has 0 heterocycles. The van der Waals surface area contributed by atoms with Crippen LogP contribution in [-0.4, -0.2) is 10.2 Å². The largest absolute Gasteiger partial charge is 0.277 e. The van der Waals surface area contributed by atoms with E-state index >= 15 is 0 Å². The number of rotatable bonds is 2. The first-order valence-corrected chi connectivity index (χ1v) is 4.95. The first-order chi connectivity index (χ1) is 6.43. The number of hydrogen-bond donors (Lipinski definition) is 0. The topological polar surface area (TPSA) is 20.3 Å². The van der Waals surface area contributed by atoms with Crippen molar-refractivity contribution in [2.75, 3.05) is 4.42 Å². The fraction of sp³-hybridized carbons (Fsp3) is 0.222. The maximum atomic E-state index is 11.5. The van der Waals surface area contributed by atoms with Crippen LogP contribution < -0.4 is 4.42 Å². The number of hydrogen-bond acceptors (Lipinski definition) is 1. The van der Waals surface area contributed by atoms with Crippen molar-refractivity contribution in [3.8, 4) is 0 Å². The number of carbonyl (C=O) groups is 1. The van der Waals surface area contributed by atoms with E-state index in [0.717, 1.165) is 4.42 Å². The van der Waals surface area contributed by atoms with Gasteiger partial charge in [0.25, 0.3) is 5.91 Å². The van der Waals surface area contributed by atoms with E-state index in [9.17, 15) is 4.79 Å². The molecule has 0 atom stereocenters. The van der Waals surface area contributed by atoms with E-state index in [1.54, 1.807) is 24.3 Å². The molecule has 0 aliphatic rings. The van der Waals surface area contributed by atoms with Crippen LogP contribution in [0.4, 0.5) is 5.69 Å². The van der Waals surface area contributed by atoms with Crippen molar-refractivity contribution in [3.63, 3.8) is 0 Å². The number of alkyl halides is 2. The molecule has 76 valence electrons. The minimum Gasteiger partial charge on any atom is -0.270 e. The van der Waals surface area contributed by atoms with Gasteiger partial charge in [0.05, 0.1) is 5.69 Å². The summed E-state index contributed by atoms with van der Waals surface area (Å²) in [7, 11) is 0. The molecule has 0 saturated carbocycles. The van der Waals surface area contributed by atoms with E-state index in [1.807, 2.05) is 6.07 Å². The molecule has 0 aliphatic carbocycles. The van der Waals surface area contributed by atoms with Crippen molar-refractivity contribution >= 4 is 46.6 Å². The molecular formula is C9H8Cl3NO. The van der Waals surface area contributed by atoms with Crippen molar-refractivity contribution in [1.29, 1.82) is 0 Å². The molecule has 0 aromatic heterocycles. The molecule has 14 heavy (non-hydrogen) atoms. The molecular weight excluding hydrogens is 244 g/mol. The monoisotopic (exact) mass is 251 g/mol.